The Bertz CT molecular complexity index is 348. The van der Waals surface area contributed by atoms with Gasteiger partial charge in [0.1, 0.15) is 0 Å². The molecule has 1 amide bonds. The van der Waals surface area contributed by atoms with Gasteiger partial charge in [0, 0.05) is 59.0 Å². The molecule has 22 heavy (non-hydrogen) atoms. The summed E-state index contributed by atoms with van der Waals surface area (Å²) in [5.74, 6) is 1.04. The van der Waals surface area contributed by atoms with Crippen molar-refractivity contribution >= 4 is 5.91 Å². The van der Waals surface area contributed by atoms with Crippen LogP contribution < -0.4 is 0 Å². The summed E-state index contributed by atoms with van der Waals surface area (Å²) in [6.07, 6.45) is 2.41. The lowest BCUT2D eigenvalue weighted by atomic mass is 9.99. The van der Waals surface area contributed by atoms with Crippen molar-refractivity contribution in [2.24, 2.45) is 5.92 Å². The quantitative estimate of drug-likeness (QED) is 0.766. The Labute approximate surface area is 135 Å². The van der Waals surface area contributed by atoms with Crippen molar-refractivity contribution in [2.45, 2.75) is 45.7 Å². The number of rotatable bonds is 5. The van der Waals surface area contributed by atoms with Crippen molar-refractivity contribution in [2.75, 3.05) is 53.0 Å². The number of nitrogens with zero attached hydrogens (tertiary/aromatic N) is 3. The SMILES string of the molecule is CC(C)N(C)C(=O)[C@@H](C)N1CCN(CC2CCOCC2)CC1. The monoisotopic (exact) mass is 311 g/mol. The molecule has 0 spiro atoms. The molecule has 0 saturated carbocycles. The van der Waals surface area contributed by atoms with Gasteiger partial charge in [0.2, 0.25) is 5.91 Å². The van der Waals surface area contributed by atoms with Crippen LogP contribution in [0.2, 0.25) is 0 Å². The van der Waals surface area contributed by atoms with E-state index in [0.717, 1.165) is 45.3 Å². The van der Waals surface area contributed by atoms with Gasteiger partial charge in [-0.3, -0.25) is 9.69 Å². The summed E-state index contributed by atoms with van der Waals surface area (Å²) in [5.41, 5.74) is 0. The van der Waals surface area contributed by atoms with E-state index in [1.165, 1.54) is 19.4 Å². The van der Waals surface area contributed by atoms with E-state index in [9.17, 15) is 4.79 Å². The maximum Gasteiger partial charge on any atom is 0.239 e. The molecule has 2 rings (SSSR count). The number of hydrogen-bond acceptors (Lipinski definition) is 4. The number of carbonyl (C=O) groups excluding carboxylic acids is 1. The summed E-state index contributed by atoms with van der Waals surface area (Å²) in [4.78, 5) is 19.2. The minimum absolute atomic E-state index is 0.00219. The van der Waals surface area contributed by atoms with Crippen LogP contribution in [0, 0.1) is 5.92 Å². The summed E-state index contributed by atoms with van der Waals surface area (Å²) in [5, 5.41) is 0. The lowest BCUT2D eigenvalue weighted by Crippen LogP contribution is -2.55. The van der Waals surface area contributed by atoms with Crippen LogP contribution in [0.1, 0.15) is 33.6 Å². The van der Waals surface area contributed by atoms with Crippen LogP contribution in [0.25, 0.3) is 0 Å². The van der Waals surface area contributed by atoms with Gasteiger partial charge in [0.05, 0.1) is 6.04 Å². The third kappa shape index (κ3) is 4.67. The Morgan fingerprint density at radius 2 is 1.73 bits per heavy atom. The van der Waals surface area contributed by atoms with Gasteiger partial charge < -0.3 is 14.5 Å². The number of ether oxygens (including phenoxy) is 1. The second-order valence-corrected chi connectivity index (χ2v) is 7.11. The lowest BCUT2D eigenvalue weighted by molar-refractivity contribution is -0.137. The molecule has 2 saturated heterocycles. The van der Waals surface area contributed by atoms with Crippen molar-refractivity contribution in [3.63, 3.8) is 0 Å². The molecule has 2 aliphatic rings. The highest BCUT2D eigenvalue weighted by Gasteiger charge is 2.29. The minimum Gasteiger partial charge on any atom is -0.381 e. The Kier molecular flexibility index (Phi) is 6.66. The first-order valence-electron chi connectivity index (χ1n) is 8.80. The molecule has 0 radical (unpaired) electrons. The highest BCUT2D eigenvalue weighted by Crippen LogP contribution is 2.18. The van der Waals surface area contributed by atoms with Gasteiger partial charge in [0.15, 0.2) is 0 Å². The average Bonchev–Trinajstić information content (AvgIpc) is 2.54. The highest BCUT2D eigenvalue weighted by atomic mass is 16.5. The van der Waals surface area contributed by atoms with Crippen molar-refractivity contribution in [1.29, 1.82) is 0 Å². The first kappa shape index (κ1) is 17.7. The molecule has 0 aromatic carbocycles. The molecule has 128 valence electrons. The fourth-order valence-electron chi connectivity index (χ4n) is 3.33. The Balaban J connectivity index is 1.75. The van der Waals surface area contributed by atoms with E-state index < -0.39 is 0 Å². The Hall–Kier alpha value is -0.650. The van der Waals surface area contributed by atoms with Gasteiger partial charge in [0.25, 0.3) is 0 Å². The van der Waals surface area contributed by atoms with Gasteiger partial charge in [-0.2, -0.15) is 0 Å². The molecule has 0 N–H and O–H groups in total. The predicted octanol–water partition coefficient (Wildman–Crippen LogP) is 1.29. The Morgan fingerprint density at radius 3 is 2.27 bits per heavy atom. The van der Waals surface area contributed by atoms with E-state index in [1.807, 2.05) is 11.9 Å². The summed E-state index contributed by atoms with van der Waals surface area (Å²) in [6, 6.07) is 0.266. The van der Waals surface area contributed by atoms with Crippen LogP contribution in [0.3, 0.4) is 0 Å². The zero-order valence-electron chi connectivity index (χ0n) is 14.8. The third-order valence-corrected chi connectivity index (χ3v) is 5.29. The van der Waals surface area contributed by atoms with Crippen molar-refractivity contribution in [3.05, 3.63) is 0 Å². The second kappa shape index (κ2) is 8.27. The number of piperazine rings is 1. The van der Waals surface area contributed by atoms with E-state index in [2.05, 4.69) is 30.6 Å². The fourth-order valence-corrected chi connectivity index (χ4v) is 3.33. The maximum absolute atomic E-state index is 12.4. The average molecular weight is 311 g/mol. The third-order valence-electron chi connectivity index (χ3n) is 5.29. The smallest absolute Gasteiger partial charge is 0.239 e. The van der Waals surface area contributed by atoms with Gasteiger partial charge in [-0.05, 0) is 39.5 Å². The standard InChI is InChI=1S/C17H33N3O2/c1-14(2)18(4)17(21)15(3)20-9-7-19(8-10-20)13-16-5-11-22-12-6-16/h14-16H,5-13H2,1-4H3/t15-/m1/s1. The van der Waals surface area contributed by atoms with Crippen LogP contribution in [-0.4, -0.2) is 85.7 Å². The molecule has 0 aromatic rings. The normalized spacial score (nSPS) is 23.7. The Morgan fingerprint density at radius 1 is 1.14 bits per heavy atom. The zero-order chi connectivity index (χ0) is 16.1. The van der Waals surface area contributed by atoms with Gasteiger partial charge in [-0.15, -0.1) is 0 Å². The summed E-state index contributed by atoms with van der Waals surface area (Å²) >= 11 is 0. The zero-order valence-corrected chi connectivity index (χ0v) is 14.8. The summed E-state index contributed by atoms with van der Waals surface area (Å²) < 4.78 is 5.44. The van der Waals surface area contributed by atoms with Gasteiger partial charge in [-0.1, -0.05) is 0 Å². The molecule has 5 heteroatoms. The fraction of sp³-hybridized carbons (Fsp3) is 0.941. The number of amides is 1. The predicted molar refractivity (Wildman–Crippen MR) is 88.9 cm³/mol. The lowest BCUT2D eigenvalue weighted by Gasteiger charge is -2.40. The molecule has 2 aliphatic heterocycles. The largest absolute Gasteiger partial charge is 0.381 e. The van der Waals surface area contributed by atoms with E-state index in [4.69, 9.17) is 4.74 Å². The van der Waals surface area contributed by atoms with E-state index in [0.29, 0.717) is 0 Å². The minimum atomic E-state index is -0.00219. The summed E-state index contributed by atoms with van der Waals surface area (Å²) in [7, 11) is 1.91. The summed E-state index contributed by atoms with van der Waals surface area (Å²) in [6.45, 7) is 13.4. The second-order valence-electron chi connectivity index (χ2n) is 7.11. The molecule has 1 atom stereocenters. The molecular formula is C17H33N3O2. The van der Waals surface area contributed by atoms with Crippen LogP contribution >= 0.6 is 0 Å². The van der Waals surface area contributed by atoms with Crippen molar-refractivity contribution in [3.8, 4) is 0 Å². The van der Waals surface area contributed by atoms with Crippen LogP contribution in [0.15, 0.2) is 0 Å². The van der Waals surface area contributed by atoms with Crippen LogP contribution in [-0.2, 0) is 9.53 Å². The van der Waals surface area contributed by atoms with Crippen molar-refractivity contribution < 1.29 is 9.53 Å². The molecule has 0 unspecified atom stereocenters. The first-order valence-corrected chi connectivity index (χ1v) is 8.80. The number of hydrogen-bond donors (Lipinski definition) is 0. The highest BCUT2D eigenvalue weighted by molar-refractivity contribution is 5.81. The van der Waals surface area contributed by atoms with Gasteiger partial charge in [-0.25, -0.2) is 0 Å². The molecule has 2 heterocycles. The molecule has 0 aromatic heterocycles. The van der Waals surface area contributed by atoms with Crippen LogP contribution in [0.5, 0.6) is 0 Å². The van der Waals surface area contributed by atoms with Crippen LogP contribution in [0.4, 0.5) is 0 Å². The number of likely N-dealkylation sites (N-methyl/N-ethyl adjacent to an activating group) is 1. The molecule has 2 fully saturated rings. The van der Waals surface area contributed by atoms with E-state index in [-0.39, 0.29) is 18.0 Å². The maximum atomic E-state index is 12.4. The molecular weight excluding hydrogens is 278 g/mol. The molecule has 5 nitrogen and oxygen atoms in total. The first-order chi connectivity index (χ1) is 10.5. The molecule has 0 bridgehead atoms. The van der Waals surface area contributed by atoms with Crippen molar-refractivity contribution in [1.82, 2.24) is 14.7 Å². The molecule has 0 aliphatic carbocycles. The van der Waals surface area contributed by atoms with E-state index >= 15 is 0 Å². The topological polar surface area (TPSA) is 36.0 Å². The number of carbonyl (C=O) groups is 1. The van der Waals surface area contributed by atoms with Gasteiger partial charge >= 0.3 is 0 Å². The van der Waals surface area contributed by atoms with E-state index in [1.54, 1.807) is 0 Å².